The van der Waals surface area contributed by atoms with E-state index in [4.69, 9.17) is 0 Å². The van der Waals surface area contributed by atoms with Gasteiger partial charge in [0.2, 0.25) is 0 Å². The number of rotatable bonds is 0. The molecule has 2 spiro atoms. The number of hydrogen-bond donors (Lipinski definition) is 0. The maximum Gasteiger partial charge on any atom is 0.136 e. The van der Waals surface area contributed by atoms with Crippen LogP contribution in [0.15, 0.2) is 48.5 Å². The summed E-state index contributed by atoms with van der Waals surface area (Å²) in [6, 6.07) is 18.3. The van der Waals surface area contributed by atoms with Crippen molar-refractivity contribution in [2.45, 2.75) is 12.8 Å². The number of halogens is 2. The molecule has 0 unspecified atom stereocenters. The van der Waals surface area contributed by atoms with Gasteiger partial charge in [0, 0.05) is 24.0 Å². The van der Waals surface area contributed by atoms with Crippen molar-refractivity contribution in [3.05, 3.63) is 59.7 Å². The van der Waals surface area contributed by atoms with Gasteiger partial charge in [-0.1, -0.05) is 36.4 Å². The molecule has 2 aromatic rings. The highest BCUT2D eigenvalue weighted by molar-refractivity contribution is 5.58. The van der Waals surface area contributed by atoms with E-state index in [-0.39, 0.29) is 34.0 Å². The van der Waals surface area contributed by atoms with Crippen LogP contribution in [-0.4, -0.2) is 39.3 Å². The molecule has 1 fully saturated rings. The van der Waals surface area contributed by atoms with Gasteiger partial charge in [-0.2, -0.15) is 0 Å². The number of hydrogen-bond acceptors (Lipinski definition) is 0. The molecule has 0 aromatic heterocycles. The van der Waals surface area contributed by atoms with Gasteiger partial charge >= 0.3 is 0 Å². The molecule has 3 heterocycles. The van der Waals surface area contributed by atoms with Gasteiger partial charge in [-0.05, 0) is 12.1 Å². The van der Waals surface area contributed by atoms with E-state index in [0.29, 0.717) is 0 Å². The second-order valence-electron chi connectivity index (χ2n) is 7.39. The third-order valence-electron chi connectivity index (χ3n) is 6.54. The summed E-state index contributed by atoms with van der Waals surface area (Å²) in [5.74, 6) is 0. The Morgan fingerprint density at radius 1 is 0.500 bits per heavy atom. The number of nitrogens with zero attached hydrogens (tertiary/aromatic N) is 2. The van der Waals surface area contributed by atoms with Crippen molar-refractivity contribution in [3.63, 3.8) is 0 Å². The van der Waals surface area contributed by atoms with Crippen LogP contribution in [-0.2, 0) is 12.8 Å². The fraction of sp³-hybridized carbons (Fsp3) is 0.400. The van der Waals surface area contributed by atoms with Crippen LogP contribution in [0, 0.1) is 0 Å². The Morgan fingerprint density at radius 3 is 1.29 bits per heavy atom. The van der Waals surface area contributed by atoms with Crippen LogP contribution in [0.2, 0.25) is 0 Å². The van der Waals surface area contributed by atoms with Gasteiger partial charge in [0.1, 0.15) is 37.6 Å². The van der Waals surface area contributed by atoms with Crippen molar-refractivity contribution >= 4 is 11.4 Å². The van der Waals surface area contributed by atoms with E-state index in [1.165, 1.54) is 61.1 Å². The molecule has 3 aliphatic heterocycles. The van der Waals surface area contributed by atoms with E-state index in [2.05, 4.69) is 48.5 Å². The lowest BCUT2D eigenvalue weighted by molar-refractivity contribution is -0.001000. The zero-order chi connectivity index (χ0) is 14.6. The van der Waals surface area contributed by atoms with E-state index < -0.39 is 0 Å². The highest BCUT2D eigenvalue weighted by atomic mass is 79.9. The largest absolute Gasteiger partial charge is 1.00 e. The van der Waals surface area contributed by atoms with Crippen LogP contribution < -0.4 is 42.9 Å². The molecule has 1 saturated heterocycles. The minimum Gasteiger partial charge on any atom is -1.00 e. The first kappa shape index (κ1) is 18.1. The molecule has 2 aromatic carbocycles. The van der Waals surface area contributed by atoms with E-state index in [0.717, 1.165) is 0 Å². The summed E-state index contributed by atoms with van der Waals surface area (Å²) in [6.07, 6.45) is 2.54. The van der Waals surface area contributed by atoms with Crippen LogP contribution in [0.25, 0.3) is 0 Å². The summed E-state index contributed by atoms with van der Waals surface area (Å²) in [5.41, 5.74) is 6.43. The van der Waals surface area contributed by atoms with Crippen LogP contribution in [0.4, 0.5) is 11.4 Å². The standard InChI is InChI=1S/C20H24N2.2BrH/c1-3-7-19-17(5-1)9-11-21(19)13-15-22(16-14-21)12-10-18-6-2-4-8-20(18)22;;/h1-8H,9-16H2;2*1H/q+2;;/p-2. The molecular formula is C20H24Br2N2. The van der Waals surface area contributed by atoms with Crippen molar-refractivity contribution < 1.29 is 34.0 Å². The Bertz CT molecular complexity index is 672. The van der Waals surface area contributed by atoms with Gasteiger partial charge in [0.05, 0.1) is 13.1 Å². The lowest BCUT2D eigenvalue weighted by atomic mass is 10.1. The number of quaternary nitrogens is 2. The monoisotopic (exact) mass is 450 g/mol. The van der Waals surface area contributed by atoms with Gasteiger partial charge in [-0.25, -0.2) is 0 Å². The first-order valence-corrected chi connectivity index (χ1v) is 8.71. The summed E-state index contributed by atoms with van der Waals surface area (Å²) in [7, 11) is 0. The minimum absolute atomic E-state index is 0. The van der Waals surface area contributed by atoms with Gasteiger partial charge in [0.15, 0.2) is 0 Å². The Morgan fingerprint density at radius 2 is 0.875 bits per heavy atom. The van der Waals surface area contributed by atoms with Crippen LogP contribution >= 0.6 is 0 Å². The summed E-state index contributed by atoms with van der Waals surface area (Å²) in [6.45, 7) is 7.88. The number of para-hydroxylation sites is 2. The summed E-state index contributed by atoms with van der Waals surface area (Å²) in [4.78, 5) is 0. The Balaban J connectivity index is 0.000000845. The van der Waals surface area contributed by atoms with Gasteiger partial charge in [0.25, 0.3) is 0 Å². The molecule has 128 valence electrons. The molecule has 0 aliphatic carbocycles. The molecule has 2 nitrogen and oxygen atoms in total. The first-order valence-electron chi connectivity index (χ1n) is 8.71. The molecular weight excluding hydrogens is 428 g/mol. The second-order valence-corrected chi connectivity index (χ2v) is 7.39. The summed E-state index contributed by atoms with van der Waals surface area (Å²) in [5, 5.41) is 0. The number of piperazine rings is 1. The van der Waals surface area contributed by atoms with Crippen LogP contribution in [0.1, 0.15) is 11.1 Å². The molecule has 5 rings (SSSR count). The third-order valence-corrected chi connectivity index (χ3v) is 6.54. The maximum absolute atomic E-state index is 2.38. The maximum atomic E-state index is 2.38. The minimum atomic E-state index is 0. The Hall–Kier alpha value is -0.680. The summed E-state index contributed by atoms with van der Waals surface area (Å²) < 4.78 is 2.50. The van der Waals surface area contributed by atoms with E-state index in [1.54, 1.807) is 22.5 Å². The van der Waals surface area contributed by atoms with E-state index in [1.807, 2.05) is 0 Å². The topological polar surface area (TPSA) is 0 Å². The highest BCUT2D eigenvalue weighted by Crippen LogP contribution is 2.41. The second kappa shape index (κ2) is 6.56. The fourth-order valence-electron chi connectivity index (χ4n) is 5.20. The number of fused-ring (bicyclic) bond motifs is 4. The SMILES string of the molecule is [Br-].[Br-].c1ccc2c(c1)CC[N+]21CC[N+]2(CCc3ccccc32)CC1. The fourth-order valence-corrected chi connectivity index (χ4v) is 5.20. The third kappa shape index (κ3) is 2.50. The van der Waals surface area contributed by atoms with E-state index >= 15 is 0 Å². The summed E-state index contributed by atoms with van der Waals surface area (Å²) >= 11 is 0. The van der Waals surface area contributed by atoms with Gasteiger partial charge < -0.3 is 34.0 Å². The molecule has 0 amide bonds. The van der Waals surface area contributed by atoms with Crippen molar-refractivity contribution in [1.82, 2.24) is 8.97 Å². The molecule has 0 radical (unpaired) electrons. The zero-order valence-corrected chi connectivity index (χ0v) is 17.1. The molecule has 3 aliphatic rings. The number of benzene rings is 2. The normalized spacial score (nSPS) is 29.7. The molecule has 24 heavy (non-hydrogen) atoms. The Kier molecular flexibility index (Phi) is 4.95. The van der Waals surface area contributed by atoms with E-state index in [9.17, 15) is 0 Å². The highest BCUT2D eigenvalue weighted by Gasteiger charge is 2.49. The average molecular weight is 452 g/mol. The Labute approximate surface area is 165 Å². The van der Waals surface area contributed by atoms with Crippen LogP contribution in [0.5, 0.6) is 0 Å². The van der Waals surface area contributed by atoms with Crippen molar-refractivity contribution in [3.8, 4) is 0 Å². The molecule has 0 bridgehead atoms. The first-order chi connectivity index (χ1) is 10.8. The van der Waals surface area contributed by atoms with Crippen molar-refractivity contribution in [2.24, 2.45) is 0 Å². The lowest BCUT2D eigenvalue weighted by Crippen LogP contribution is -3.00. The van der Waals surface area contributed by atoms with Crippen LogP contribution in [0.3, 0.4) is 0 Å². The zero-order valence-electron chi connectivity index (χ0n) is 13.9. The van der Waals surface area contributed by atoms with Gasteiger partial charge in [-0.3, -0.25) is 8.97 Å². The van der Waals surface area contributed by atoms with Crippen molar-refractivity contribution in [2.75, 3.05) is 39.3 Å². The molecule has 0 atom stereocenters. The molecule has 4 heteroatoms. The quantitative estimate of drug-likeness (QED) is 0.378. The smallest absolute Gasteiger partial charge is 0.136 e. The lowest BCUT2D eigenvalue weighted by Gasteiger charge is -2.46. The average Bonchev–Trinajstić information content (AvgIpc) is 3.12. The molecule has 0 saturated carbocycles. The van der Waals surface area contributed by atoms with Crippen molar-refractivity contribution in [1.29, 1.82) is 0 Å². The van der Waals surface area contributed by atoms with Gasteiger partial charge in [-0.15, -0.1) is 0 Å². The predicted octanol–water partition coefficient (Wildman–Crippen LogP) is -2.86. The predicted molar refractivity (Wildman–Crippen MR) is 93.1 cm³/mol. The molecule has 0 N–H and O–H groups in total.